The molecule has 0 amide bonds. The van der Waals surface area contributed by atoms with E-state index in [9.17, 15) is 0 Å². The molecule has 0 atom stereocenters. The summed E-state index contributed by atoms with van der Waals surface area (Å²) < 4.78 is 0. The second kappa shape index (κ2) is 8.84. The summed E-state index contributed by atoms with van der Waals surface area (Å²) in [6.45, 7) is 3.40. The molecule has 0 aliphatic rings. The van der Waals surface area contributed by atoms with Crippen molar-refractivity contribution in [2.45, 2.75) is 12.7 Å². The lowest BCUT2D eigenvalue weighted by atomic mass is 10.7. The van der Waals surface area contributed by atoms with Crippen LogP contribution >= 0.6 is 23.1 Å². The average molecular weight is 269 g/mol. The van der Waals surface area contributed by atoms with Crippen LogP contribution in [0.5, 0.6) is 0 Å². The number of thiazole rings is 1. The number of aromatic nitrogens is 1. The number of thioether (sulfide) groups is 1. The molecule has 92 valence electrons. The maximum absolute atomic E-state index is 8.50. The fourth-order valence-electron chi connectivity index (χ4n) is 1.07. The Morgan fingerprint density at radius 1 is 1.71 bits per heavy atom. The Morgan fingerprint density at radius 3 is 3.24 bits per heavy atom. The van der Waals surface area contributed by atoms with E-state index in [0.29, 0.717) is 12.5 Å². The smallest absolute Gasteiger partial charge is 0.204 e. The minimum atomic E-state index is 0.546. The third kappa shape index (κ3) is 6.14. The number of aliphatic imine (C=N–C) groups is 1. The normalized spacial score (nSPS) is 10.9. The van der Waals surface area contributed by atoms with E-state index in [0.717, 1.165) is 23.1 Å². The second-order valence-corrected chi connectivity index (χ2v) is 5.06. The highest BCUT2D eigenvalue weighted by molar-refractivity contribution is 7.98. The van der Waals surface area contributed by atoms with Gasteiger partial charge in [0.05, 0.1) is 6.54 Å². The largest absolute Gasteiger partial charge is 0.356 e. The zero-order valence-corrected chi connectivity index (χ0v) is 11.3. The molecule has 17 heavy (non-hydrogen) atoms. The topological polar surface area (TPSA) is 73.1 Å². The lowest BCUT2D eigenvalue weighted by Crippen LogP contribution is -2.34. The van der Waals surface area contributed by atoms with Crippen molar-refractivity contribution in [1.82, 2.24) is 15.6 Å². The Labute approximate surface area is 109 Å². The number of nitrogens with zero attached hydrogens (tertiary/aromatic N) is 3. The SMILES string of the molecule is CCNC(=NCCSCc1nccs1)NC#N. The first-order valence-corrected chi connectivity index (χ1v) is 7.29. The van der Waals surface area contributed by atoms with Gasteiger partial charge in [0.1, 0.15) is 5.01 Å². The summed E-state index contributed by atoms with van der Waals surface area (Å²) in [5.74, 6) is 2.39. The Kier molecular flexibility index (Phi) is 7.18. The lowest BCUT2D eigenvalue weighted by molar-refractivity contribution is 0.910. The van der Waals surface area contributed by atoms with Gasteiger partial charge in [0.2, 0.25) is 5.96 Å². The molecule has 0 saturated carbocycles. The van der Waals surface area contributed by atoms with Crippen LogP contribution in [-0.2, 0) is 5.75 Å². The molecular weight excluding hydrogens is 254 g/mol. The molecule has 0 bridgehead atoms. The van der Waals surface area contributed by atoms with Gasteiger partial charge in [-0.1, -0.05) is 0 Å². The summed E-state index contributed by atoms with van der Waals surface area (Å²) in [4.78, 5) is 8.46. The van der Waals surface area contributed by atoms with Gasteiger partial charge < -0.3 is 5.32 Å². The molecule has 1 aromatic rings. The van der Waals surface area contributed by atoms with Gasteiger partial charge in [-0.3, -0.25) is 10.3 Å². The van der Waals surface area contributed by atoms with Crippen LogP contribution < -0.4 is 10.6 Å². The van der Waals surface area contributed by atoms with Gasteiger partial charge in [0.15, 0.2) is 6.19 Å². The number of rotatable bonds is 6. The fourth-order valence-corrected chi connectivity index (χ4v) is 2.60. The molecule has 0 radical (unpaired) electrons. The second-order valence-electron chi connectivity index (χ2n) is 2.98. The van der Waals surface area contributed by atoms with Crippen LogP contribution in [0.4, 0.5) is 0 Å². The third-order valence-electron chi connectivity index (χ3n) is 1.73. The fraction of sp³-hybridized carbons (Fsp3) is 0.500. The Hall–Kier alpha value is -1.26. The van der Waals surface area contributed by atoms with Crippen LogP contribution in [0.2, 0.25) is 0 Å². The first kappa shape index (κ1) is 13.8. The van der Waals surface area contributed by atoms with E-state index in [1.807, 2.05) is 24.7 Å². The Bertz CT molecular complexity index is 369. The van der Waals surface area contributed by atoms with Crippen LogP contribution in [0.3, 0.4) is 0 Å². The molecule has 0 aromatic carbocycles. The lowest BCUT2D eigenvalue weighted by Gasteiger charge is -2.04. The maximum Gasteiger partial charge on any atom is 0.204 e. The molecule has 7 heteroatoms. The minimum Gasteiger partial charge on any atom is -0.356 e. The molecule has 0 saturated heterocycles. The molecule has 0 aliphatic heterocycles. The average Bonchev–Trinajstić information content (AvgIpc) is 2.82. The molecular formula is C10H15N5S2. The Morgan fingerprint density at radius 2 is 2.59 bits per heavy atom. The van der Waals surface area contributed by atoms with Crippen molar-refractivity contribution >= 4 is 29.1 Å². The first-order valence-electron chi connectivity index (χ1n) is 5.26. The monoisotopic (exact) mass is 269 g/mol. The van der Waals surface area contributed by atoms with Gasteiger partial charge in [0, 0.05) is 29.6 Å². The maximum atomic E-state index is 8.50. The highest BCUT2D eigenvalue weighted by atomic mass is 32.2. The molecule has 1 heterocycles. The molecule has 1 rings (SSSR count). The first-order chi connectivity index (χ1) is 8.36. The molecule has 0 aliphatic carbocycles. The minimum absolute atomic E-state index is 0.546. The summed E-state index contributed by atoms with van der Waals surface area (Å²) in [6.07, 6.45) is 3.68. The number of nitrogens with one attached hydrogen (secondary N) is 2. The zero-order valence-electron chi connectivity index (χ0n) is 9.64. The van der Waals surface area contributed by atoms with Crippen molar-refractivity contribution in [3.05, 3.63) is 16.6 Å². The van der Waals surface area contributed by atoms with Crippen molar-refractivity contribution in [3.63, 3.8) is 0 Å². The molecule has 0 fully saturated rings. The quantitative estimate of drug-likeness (QED) is 0.269. The van der Waals surface area contributed by atoms with Gasteiger partial charge in [-0.25, -0.2) is 4.98 Å². The van der Waals surface area contributed by atoms with Gasteiger partial charge in [-0.2, -0.15) is 17.0 Å². The van der Waals surface area contributed by atoms with Crippen molar-refractivity contribution in [2.75, 3.05) is 18.8 Å². The van der Waals surface area contributed by atoms with Gasteiger partial charge in [-0.15, -0.1) is 11.3 Å². The van der Waals surface area contributed by atoms with E-state index in [1.54, 1.807) is 23.1 Å². The summed E-state index contributed by atoms with van der Waals surface area (Å²) in [5, 5.41) is 17.1. The molecule has 5 nitrogen and oxygen atoms in total. The molecule has 1 aromatic heterocycles. The highest BCUT2D eigenvalue weighted by Gasteiger charge is 1.96. The number of guanidine groups is 1. The van der Waals surface area contributed by atoms with Crippen molar-refractivity contribution < 1.29 is 0 Å². The Balaban J connectivity index is 2.16. The zero-order chi connectivity index (χ0) is 12.3. The van der Waals surface area contributed by atoms with E-state index in [-0.39, 0.29) is 0 Å². The molecule has 0 unspecified atom stereocenters. The van der Waals surface area contributed by atoms with Gasteiger partial charge >= 0.3 is 0 Å². The van der Waals surface area contributed by atoms with Crippen LogP contribution in [-0.4, -0.2) is 29.8 Å². The highest BCUT2D eigenvalue weighted by Crippen LogP contribution is 2.13. The van der Waals surface area contributed by atoms with E-state index in [1.165, 1.54) is 0 Å². The number of hydrogen-bond acceptors (Lipinski definition) is 5. The number of nitriles is 1. The summed E-state index contributed by atoms with van der Waals surface area (Å²) in [7, 11) is 0. The molecule has 0 spiro atoms. The van der Waals surface area contributed by atoms with Gasteiger partial charge in [-0.05, 0) is 6.92 Å². The van der Waals surface area contributed by atoms with E-state index >= 15 is 0 Å². The summed E-state index contributed by atoms with van der Waals surface area (Å²) >= 11 is 3.46. The predicted octanol–water partition coefficient (Wildman–Crippen LogP) is 1.41. The van der Waals surface area contributed by atoms with Crippen molar-refractivity contribution in [3.8, 4) is 6.19 Å². The van der Waals surface area contributed by atoms with E-state index in [4.69, 9.17) is 5.26 Å². The molecule has 2 N–H and O–H groups in total. The van der Waals surface area contributed by atoms with Crippen LogP contribution in [0.25, 0.3) is 0 Å². The standard InChI is InChI=1S/C10H15N5S2/c1-2-12-10(15-8-11)14-3-5-16-7-9-13-4-6-17-9/h4,6H,2-3,5,7H2,1H3,(H2,12,14,15). The van der Waals surface area contributed by atoms with E-state index in [2.05, 4.69) is 20.6 Å². The van der Waals surface area contributed by atoms with Crippen molar-refractivity contribution in [2.24, 2.45) is 4.99 Å². The van der Waals surface area contributed by atoms with Crippen LogP contribution in [0, 0.1) is 11.5 Å². The van der Waals surface area contributed by atoms with Crippen LogP contribution in [0.1, 0.15) is 11.9 Å². The van der Waals surface area contributed by atoms with Gasteiger partial charge in [0.25, 0.3) is 0 Å². The predicted molar refractivity (Wildman–Crippen MR) is 73.0 cm³/mol. The van der Waals surface area contributed by atoms with Crippen molar-refractivity contribution in [1.29, 1.82) is 5.26 Å². The number of hydrogen-bond donors (Lipinski definition) is 2. The van der Waals surface area contributed by atoms with Crippen LogP contribution in [0.15, 0.2) is 16.6 Å². The summed E-state index contributed by atoms with van der Waals surface area (Å²) in [5.41, 5.74) is 0. The third-order valence-corrected chi connectivity index (χ3v) is 3.64. The summed E-state index contributed by atoms with van der Waals surface area (Å²) in [6, 6.07) is 0. The van der Waals surface area contributed by atoms with E-state index < -0.39 is 0 Å².